The first-order chi connectivity index (χ1) is 12.7. The van der Waals surface area contributed by atoms with E-state index in [1.54, 1.807) is 6.92 Å². The molecule has 2 N–H and O–H groups in total. The van der Waals surface area contributed by atoms with E-state index < -0.39 is 22.6 Å². The van der Waals surface area contributed by atoms with Gasteiger partial charge in [-0.3, -0.25) is 10.1 Å². The van der Waals surface area contributed by atoms with Crippen LogP contribution in [0.3, 0.4) is 0 Å². The van der Waals surface area contributed by atoms with Crippen molar-refractivity contribution in [1.82, 2.24) is 0 Å². The number of nitro benzene ring substituents is 1. The van der Waals surface area contributed by atoms with Crippen LogP contribution >= 0.6 is 11.6 Å². The third-order valence-corrected chi connectivity index (χ3v) is 3.80. The third-order valence-electron chi connectivity index (χ3n) is 3.55. The molecule has 27 heavy (non-hydrogen) atoms. The average Bonchev–Trinajstić information content (AvgIpc) is 2.63. The van der Waals surface area contributed by atoms with Gasteiger partial charge in [0.2, 0.25) is 5.76 Å². The van der Waals surface area contributed by atoms with Crippen LogP contribution in [0, 0.1) is 17.0 Å². The summed E-state index contributed by atoms with van der Waals surface area (Å²) in [6.07, 6.45) is 1.17. The number of nitrogens with two attached hydrogens (primary N) is 1. The van der Waals surface area contributed by atoms with Crippen molar-refractivity contribution in [3.8, 4) is 0 Å². The van der Waals surface area contributed by atoms with E-state index in [0.717, 1.165) is 7.11 Å². The number of benzene rings is 2. The molecule has 9 heteroatoms. The van der Waals surface area contributed by atoms with E-state index in [-0.39, 0.29) is 22.5 Å². The van der Waals surface area contributed by atoms with Crippen LogP contribution in [0.4, 0.5) is 11.4 Å². The second-order valence-corrected chi connectivity index (χ2v) is 5.86. The van der Waals surface area contributed by atoms with Gasteiger partial charge in [-0.15, -0.1) is 0 Å². The van der Waals surface area contributed by atoms with Crippen LogP contribution in [0.25, 0.3) is 6.08 Å². The molecule has 0 unspecified atom stereocenters. The van der Waals surface area contributed by atoms with Gasteiger partial charge in [0.25, 0.3) is 5.69 Å². The first-order valence-electron chi connectivity index (χ1n) is 7.55. The second-order valence-electron chi connectivity index (χ2n) is 5.42. The summed E-state index contributed by atoms with van der Waals surface area (Å²) in [7, 11) is 1.11. The molecule has 0 radical (unpaired) electrons. The highest BCUT2D eigenvalue weighted by atomic mass is 35.5. The maximum absolute atomic E-state index is 12.2. The van der Waals surface area contributed by atoms with E-state index in [0.29, 0.717) is 10.6 Å². The molecule has 0 aromatic heterocycles. The number of halogens is 1. The van der Waals surface area contributed by atoms with Gasteiger partial charge in [-0.2, -0.15) is 0 Å². The highest BCUT2D eigenvalue weighted by Crippen LogP contribution is 2.28. The number of aryl methyl sites for hydroxylation is 1. The normalized spacial score (nSPS) is 11.0. The van der Waals surface area contributed by atoms with Gasteiger partial charge in [0.1, 0.15) is 5.69 Å². The SMILES string of the molecule is COC(=O)/C(=C/c1cc(C)c(N)c([N+](=O)[O-])c1)OC(=O)c1ccc(Cl)cc1. The number of carbonyl (C=O) groups excluding carboxylic acids is 2. The Morgan fingerprint density at radius 2 is 1.85 bits per heavy atom. The third kappa shape index (κ3) is 4.83. The maximum Gasteiger partial charge on any atom is 0.374 e. The van der Waals surface area contributed by atoms with Gasteiger partial charge in [0.15, 0.2) is 0 Å². The molecule has 0 bridgehead atoms. The van der Waals surface area contributed by atoms with Crippen molar-refractivity contribution in [3.05, 3.63) is 74.0 Å². The van der Waals surface area contributed by atoms with Gasteiger partial charge in [0, 0.05) is 11.1 Å². The molecule has 0 atom stereocenters. The Hall–Kier alpha value is -3.39. The smallest absolute Gasteiger partial charge is 0.374 e. The number of rotatable bonds is 5. The van der Waals surface area contributed by atoms with E-state index in [1.165, 1.54) is 42.5 Å². The largest absolute Gasteiger partial charge is 0.463 e. The molecule has 0 amide bonds. The van der Waals surface area contributed by atoms with Crippen LogP contribution < -0.4 is 5.73 Å². The first-order valence-corrected chi connectivity index (χ1v) is 7.93. The maximum atomic E-state index is 12.2. The Bertz CT molecular complexity index is 938. The molecule has 140 valence electrons. The summed E-state index contributed by atoms with van der Waals surface area (Å²) in [5.41, 5.74) is 6.22. The number of carbonyl (C=O) groups is 2. The predicted molar refractivity (Wildman–Crippen MR) is 99.1 cm³/mol. The lowest BCUT2D eigenvalue weighted by molar-refractivity contribution is -0.383. The highest BCUT2D eigenvalue weighted by molar-refractivity contribution is 6.30. The average molecular weight is 391 g/mol. The molecule has 8 nitrogen and oxygen atoms in total. The van der Waals surface area contributed by atoms with Crippen LogP contribution in [0.15, 0.2) is 42.2 Å². The zero-order valence-electron chi connectivity index (χ0n) is 14.4. The van der Waals surface area contributed by atoms with E-state index in [4.69, 9.17) is 22.1 Å². The summed E-state index contributed by atoms with van der Waals surface area (Å²) in [4.78, 5) is 34.7. The lowest BCUT2D eigenvalue weighted by Crippen LogP contribution is -2.13. The Labute approximate surface area is 159 Å². The molecule has 0 saturated heterocycles. The number of nitrogens with zero attached hydrogens (tertiary/aromatic N) is 1. The molecule has 0 fully saturated rings. The Kier molecular flexibility index (Phi) is 6.15. The topological polar surface area (TPSA) is 122 Å². The van der Waals surface area contributed by atoms with Crippen LogP contribution in [0.2, 0.25) is 5.02 Å². The second kappa shape index (κ2) is 8.33. The van der Waals surface area contributed by atoms with E-state index >= 15 is 0 Å². The highest BCUT2D eigenvalue weighted by Gasteiger charge is 2.20. The number of esters is 2. The summed E-state index contributed by atoms with van der Waals surface area (Å²) in [6, 6.07) is 8.52. The van der Waals surface area contributed by atoms with Gasteiger partial charge in [-0.1, -0.05) is 11.6 Å². The molecular formula is C18H15ClN2O6. The van der Waals surface area contributed by atoms with Crippen molar-refractivity contribution in [3.63, 3.8) is 0 Å². The Balaban J connectivity index is 2.42. The van der Waals surface area contributed by atoms with E-state index in [1.807, 2.05) is 0 Å². The monoisotopic (exact) mass is 390 g/mol. The van der Waals surface area contributed by atoms with Crippen LogP contribution in [-0.4, -0.2) is 24.0 Å². The van der Waals surface area contributed by atoms with Crippen molar-refractivity contribution in [2.45, 2.75) is 6.92 Å². The quantitative estimate of drug-likeness (QED) is 0.207. The van der Waals surface area contributed by atoms with Crippen molar-refractivity contribution in [2.75, 3.05) is 12.8 Å². The number of methoxy groups -OCH3 is 1. The van der Waals surface area contributed by atoms with Crippen molar-refractivity contribution >= 4 is 41.0 Å². The molecule has 0 heterocycles. The molecule has 0 aliphatic carbocycles. The van der Waals surface area contributed by atoms with Crippen molar-refractivity contribution < 1.29 is 24.0 Å². The number of nitrogen functional groups attached to an aromatic ring is 1. The fraction of sp³-hybridized carbons (Fsp3) is 0.111. The lowest BCUT2D eigenvalue weighted by Gasteiger charge is -2.08. The van der Waals surface area contributed by atoms with E-state index in [2.05, 4.69) is 4.74 Å². The van der Waals surface area contributed by atoms with Crippen molar-refractivity contribution in [1.29, 1.82) is 0 Å². The minimum atomic E-state index is -0.922. The van der Waals surface area contributed by atoms with Crippen LogP contribution in [0.5, 0.6) is 0 Å². The molecule has 0 saturated carbocycles. The molecule has 0 aliphatic heterocycles. The number of nitro groups is 1. The number of anilines is 1. The Morgan fingerprint density at radius 3 is 2.41 bits per heavy atom. The van der Waals surface area contributed by atoms with Gasteiger partial charge in [-0.25, -0.2) is 9.59 Å². The Morgan fingerprint density at radius 1 is 1.22 bits per heavy atom. The molecule has 2 aromatic rings. The van der Waals surface area contributed by atoms with Gasteiger partial charge in [-0.05, 0) is 54.5 Å². The van der Waals surface area contributed by atoms with Gasteiger partial charge in [0.05, 0.1) is 17.6 Å². The minimum absolute atomic E-state index is 0.00919. The van der Waals surface area contributed by atoms with Gasteiger partial charge < -0.3 is 15.2 Å². The van der Waals surface area contributed by atoms with E-state index in [9.17, 15) is 19.7 Å². The van der Waals surface area contributed by atoms with Crippen molar-refractivity contribution in [2.24, 2.45) is 0 Å². The zero-order chi connectivity index (χ0) is 20.1. The zero-order valence-corrected chi connectivity index (χ0v) is 15.1. The minimum Gasteiger partial charge on any atom is -0.463 e. The summed E-state index contributed by atoms with van der Waals surface area (Å²) < 4.78 is 9.71. The van der Waals surface area contributed by atoms with Crippen LogP contribution in [-0.2, 0) is 14.3 Å². The summed E-state index contributed by atoms with van der Waals surface area (Å²) in [6.45, 7) is 1.58. The fourth-order valence-corrected chi connectivity index (χ4v) is 2.29. The molecular weight excluding hydrogens is 376 g/mol. The summed E-state index contributed by atoms with van der Waals surface area (Å²) in [5, 5.41) is 11.5. The molecule has 0 aliphatic rings. The number of ether oxygens (including phenoxy) is 2. The molecule has 2 aromatic carbocycles. The number of hydrogen-bond acceptors (Lipinski definition) is 7. The van der Waals surface area contributed by atoms with Crippen LogP contribution in [0.1, 0.15) is 21.5 Å². The lowest BCUT2D eigenvalue weighted by atomic mass is 10.1. The first kappa shape index (κ1) is 19.9. The summed E-state index contributed by atoms with van der Waals surface area (Å²) >= 11 is 5.77. The predicted octanol–water partition coefficient (Wildman–Crippen LogP) is 3.51. The fourth-order valence-electron chi connectivity index (χ4n) is 2.17. The molecule has 2 rings (SSSR count). The summed E-state index contributed by atoms with van der Waals surface area (Å²) in [5.74, 6) is -2.17. The standard InChI is InChI=1S/C18H15ClN2O6/c1-10-7-11(8-14(16(10)20)21(24)25)9-15(18(23)26-2)27-17(22)12-3-5-13(19)6-4-12/h3-9H,20H2,1-2H3/b15-9-. The van der Waals surface area contributed by atoms with Gasteiger partial charge >= 0.3 is 11.9 Å². The number of hydrogen-bond donors (Lipinski definition) is 1. The molecule has 0 spiro atoms.